The zero-order valence-corrected chi connectivity index (χ0v) is 15.6. The SMILES string of the molecule is Cc1ccc(O)c(C)c1-c1nc(C2=CCN(C)C=C2)cc2c(N)ncnc12. The van der Waals surface area contributed by atoms with Crippen molar-refractivity contribution in [3.05, 3.63) is 59.7 Å². The average molecular weight is 359 g/mol. The maximum atomic E-state index is 10.2. The third-order valence-corrected chi connectivity index (χ3v) is 4.94. The number of fused-ring (bicyclic) bond motifs is 1. The fraction of sp³-hybridized carbons (Fsp3) is 0.190. The molecule has 136 valence electrons. The summed E-state index contributed by atoms with van der Waals surface area (Å²) in [5.74, 6) is 0.647. The van der Waals surface area contributed by atoms with Crippen molar-refractivity contribution < 1.29 is 5.11 Å². The third kappa shape index (κ3) is 2.89. The van der Waals surface area contributed by atoms with Crippen molar-refractivity contribution in [3.8, 4) is 17.0 Å². The lowest BCUT2D eigenvalue weighted by atomic mass is 9.96. The number of aromatic hydroxyl groups is 1. The Morgan fingerprint density at radius 3 is 2.74 bits per heavy atom. The summed E-state index contributed by atoms with van der Waals surface area (Å²) in [5.41, 5.74) is 12.0. The van der Waals surface area contributed by atoms with Crippen LogP contribution in [0.15, 0.2) is 42.9 Å². The normalized spacial score (nSPS) is 13.9. The molecule has 0 amide bonds. The summed E-state index contributed by atoms with van der Waals surface area (Å²) in [7, 11) is 2.02. The number of rotatable bonds is 2. The summed E-state index contributed by atoms with van der Waals surface area (Å²) in [6, 6.07) is 5.52. The molecule has 6 heteroatoms. The molecule has 3 aromatic rings. The van der Waals surface area contributed by atoms with Gasteiger partial charge in [-0.3, -0.25) is 0 Å². The van der Waals surface area contributed by atoms with Crippen LogP contribution >= 0.6 is 0 Å². The molecule has 1 aliphatic rings. The van der Waals surface area contributed by atoms with E-state index in [0.29, 0.717) is 17.0 Å². The molecule has 27 heavy (non-hydrogen) atoms. The highest BCUT2D eigenvalue weighted by Crippen LogP contribution is 2.37. The fourth-order valence-electron chi connectivity index (χ4n) is 3.37. The monoisotopic (exact) mass is 359 g/mol. The molecule has 0 fully saturated rings. The van der Waals surface area contributed by atoms with E-state index in [1.165, 1.54) is 6.33 Å². The summed E-state index contributed by atoms with van der Waals surface area (Å²) in [6.07, 6.45) is 7.63. The molecule has 0 saturated carbocycles. The number of aromatic nitrogens is 3. The Morgan fingerprint density at radius 1 is 1.19 bits per heavy atom. The molecular formula is C21H21N5O. The molecule has 4 rings (SSSR count). The largest absolute Gasteiger partial charge is 0.508 e. The molecule has 1 aliphatic heterocycles. The minimum Gasteiger partial charge on any atom is -0.508 e. The highest BCUT2D eigenvalue weighted by molar-refractivity contribution is 6.00. The van der Waals surface area contributed by atoms with E-state index in [1.54, 1.807) is 6.07 Å². The van der Waals surface area contributed by atoms with Crippen LogP contribution in [0.1, 0.15) is 16.8 Å². The van der Waals surface area contributed by atoms with Crippen LogP contribution in [-0.2, 0) is 0 Å². The number of phenolic OH excluding ortho intramolecular Hbond substituents is 1. The Balaban J connectivity index is 2.05. The van der Waals surface area contributed by atoms with Crippen molar-refractivity contribution in [1.82, 2.24) is 19.9 Å². The standard InChI is InChI=1S/C21H21N5O/c1-12-4-5-17(27)13(2)18(12)20-19-15(21(22)24-11-23-19)10-16(25-20)14-6-8-26(3)9-7-14/h4-8,10-11,27H,9H2,1-3H3,(H2,22,23,24). The molecule has 0 bridgehead atoms. The van der Waals surface area contributed by atoms with Crippen molar-refractivity contribution in [2.75, 3.05) is 19.3 Å². The first kappa shape index (κ1) is 17.0. The first-order valence-corrected chi connectivity index (χ1v) is 8.75. The molecule has 0 atom stereocenters. The van der Waals surface area contributed by atoms with E-state index in [-0.39, 0.29) is 5.75 Å². The number of aryl methyl sites for hydroxylation is 1. The van der Waals surface area contributed by atoms with E-state index >= 15 is 0 Å². The number of hydrogen-bond acceptors (Lipinski definition) is 6. The summed E-state index contributed by atoms with van der Waals surface area (Å²) in [4.78, 5) is 15.6. The molecule has 0 radical (unpaired) electrons. The Bertz CT molecular complexity index is 1120. The number of benzene rings is 1. The minimum absolute atomic E-state index is 0.233. The number of phenols is 1. The van der Waals surface area contributed by atoms with Crippen molar-refractivity contribution in [2.45, 2.75) is 13.8 Å². The molecule has 0 spiro atoms. The van der Waals surface area contributed by atoms with E-state index < -0.39 is 0 Å². The number of nitrogen functional groups attached to an aromatic ring is 1. The van der Waals surface area contributed by atoms with Gasteiger partial charge in [0, 0.05) is 30.1 Å². The zero-order chi connectivity index (χ0) is 19.1. The van der Waals surface area contributed by atoms with Gasteiger partial charge in [0.2, 0.25) is 0 Å². The number of likely N-dealkylation sites (N-methyl/N-ethyl adjacent to an activating group) is 1. The molecule has 1 aromatic carbocycles. The van der Waals surface area contributed by atoms with Gasteiger partial charge in [-0.05, 0) is 49.4 Å². The van der Waals surface area contributed by atoms with E-state index in [9.17, 15) is 5.11 Å². The number of nitrogens with two attached hydrogens (primary N) is 1. The van der Waals surface area contributed by atoms with Gasteiger partial charge < -0.3 is 15.7 Å². The number of allylic oxidation sites excluding steroid dienone is 2. The van der Waals surface area contributed by atoms with E-state index in [1.807, 2.05) is 45.3 Å². The van der Waals surface area contributed by atoms with Gasteiger partial charge in [-0.2, -0.15) is 0 Å². The quantitative estimate of drug-likeness (QED) is 0.729. The van der Waals surface area contributed by atoms with Crippen LogP contribution in [0.2, 0.25) is 0 Å². The van der Waals surface area contributed by atoms with Gasteiger partial charge in [0.05, 0.1) is 11.4 Å². The maximum absolute atomic E-state index is 10.2. The third-order valence-electron chi connectivity index (χ3n) is 4.94. The highest BCUT2D eigenvalue weighted by Gasteiger charge is 2.18. The first-order chi connectivity index (χ1) is 13.0. The number of pyridine rings is 1. The lowest BCUT2D eigenvalue weighted by Gasteiger charge is -2.19. The van der Waals surface area contributed by atoms with Crippen LogP contribution in [0, 0.1) is 13.8 Å². The van der Waals surface area contributed by atoms with Crippen LogP contribution < -0.4 is 5.73 Å². The summed E-state index contributed by atoms with van der Waals surface area (Å²) >= 11 is 0. The average Bonchev–Trinajstić information content (AvgIpc) is 2.66. The molecule has 2 aromatic heterocycles. The van der Waals surface area contributed by atoms with Crippen LogP contribution in [-0.4, -0.2) is 38.6 Å². The van der Waals surface area contributed by atoms with Gasteiger partial charge in [0.1, 0.15) is 23.4 Å². The second-order valence-corrected chi connectivity index (χ2v) is 6.83. The predicted octanol–water partition coefficient (Wildman–Crippen LogP) is 3.44. The second-order valence-electron chi connectivity index (χ2n) is 6.83. The Labute approximate surface area is 157 Å². The highest BCUT2D eigenvalue weighted by atomic mass is 16.3. The van der Waals surface area contributed by atoms with E-state index in [2.05, 4.69) is 20.9 Å². The van der Waals surface area contributed by atoms with Crippen molar-refractivity contribution in [2.24, 2.45) is 0 Å². The second kappa shape index (κ2) is 6.39. The van der Waals surface area contributed by atoms with Crippen LogP contribution in [0.5, 0.6) is 5.75 Å². The van der Waals surface area contributed by atoms with Gasteiger partial charge in [0.15, 0.2) is 0 Å². The summed E-state index contributed by atoms with van der Waals surface area (Å²) in [6.45, 7) is 4.70. The molecule has 0 unspecified atom stereocenters. The van der Waals surface area contributed by atoms with Gasteiger partial charge >= 0.3 is 0 Å². The zero-order valence-electron chi connectivity index (χ0n) is 15.6. The van der Waals surface area contributed by atoms with Crippen molar-refractivity contribution >= 4 is 22.3 Å². The van der Waals surface area contributed by atoms with Crippen LogP contribution in [0.3, 0.4) is 0 Å². The fourth-order valence-corrected chi connectivity index (χ4v) is 3.37. The van der Waals surface area contributed by atoms with E-state index in [0.717, 1.165) is 39.9 Å². The molecule has 6 nitrogen and oxygen atoms in total. The van der Waals surface area contributed by atoms with Crippen molar-refractivity contribution in [1.29, 1.82) is 0 Å². The van der Waals surface area contributed by atoms with E-state index in [4.69, 9.17) is 10.7 Å². The summed E-state index contributed by atoms with van der Waals surface area (Å²) in [5, 5.41) is 11.0. The summed E-state index contributed by atoms with van der Waals surface area (Å²) < 4.78 is 0. The molecule has 0 saturated heterocycles. The van der Waals surface area contributed by atoms with Crippen LogP contribution in [0.4, 0.5) is 5.82 Å². The molecule has 0 aliphatic carbocycles. The number of nitrogens with zero attached hydrogens (tertiary/aromatic N) is 4. The first-order valence-electron chi connectivity index (χ1n) is 8.75. The Morgan fingerprint density at radius 2 is 2.00 bits per heavy atom. The smallest absolute Gasteiger partial charge is 0.134 e. The van der Waals surface area contributed by atoms with Crippen LogP contribution in [0.25, 0.3) is 27.7 Å². The van der Waals surface area contributed by atoms with Gasteiger partial charge in [-0.15, -0.1) is 0 Å². The lowest BCUT2D eigenvalue weighted by molar-refractivity contribution is 0.471. The van der Waals surface area contributed by atoms with Gasteiger partial charge in [0.25, 0.3) is 0 Å². The topological polar surface area (TPSA) is 88.2 Å². The van der Waals surface area contributed by atoms with Gasteiger partial charge in [-0.25, -0.2) is 15.0 Å². The number of anilines is 1. The van der Waals surface area contributed by atoms with Crippen molar-refractivity contribution in [3.63, 3.8) is 0 Å². The number of hydrogen-bond donors (Lipinski definition) is 2. The maximum Gasteiger partial charge on any atom is 0.134 e. The molecule has 3 heterocycles. The van der Waals surface area contributed by atoms with Gasteiger partial charge in [-0.1, -0.05) is 12.1 Å². The molecule has 3 N–H and O–H groups in total. The predicted molar refractivity (Wildman–Crippen MR) is 108 cm³/mol. The Kier molecular flexibility index (Phi) is 4.03. The lowest BCUT2D eigenvalue weighted by Crippen LogP contribution is -2.13. The minimum atomic E-state index is 0.233. The molecular weight excluding hydrogens is 338 g/mol. The Hall–Kier alpha value is -3.41.